The molecular formula is C17H21N3O4. The fourth-order valence-electron chi connectivity index (χ4n) is 3.57. The number of aryl methyl sites for hydroxylation is 2. The molecule has 2 aromatic rings. The quantitative estimate of drug-likeness (QED) is 0.846. The van der Waals surface area contributed by atoms with Gasteiger partial charge in [-0.3, -0.25) is 4.79 Å². The summed E-state index contributed by atoms with van der Waals surface area (Å²) in [5.74, 6) is 0.849. The molecule has 0 bridgehead atoms. The minimum absolute atomic E-state index is 0.0496. The molecule has 1 aromatic carbocycles. The smallest absolute Gasteiger partial charge is 0.222 e. The lowest BCUT2D eigenvalue weighted by Crippen LogP contribution is -2.44. The third-order valence-corrected chi connectivity index (χ3v) is 4.78. The molecule has 2 aliphatic rings. The summed E-state index contributed by atoms with van der Waals surface area (Å²) in [6.45, 7) is 3.16. The van der Waals surface area contributed by atoms with Crippen LogP contribution in [0.4, 0.5) is 0 Å². The Kier molecular flexibility index (Phi) is 3.99. The minimum atomic E-state index is -0.600. The number of aliphatic hydroxyl groups excluding tert-OH is 1. The molecule has 128 valence electrons. The average Bonchev–Trinajstić information content (AvgIpc) is 3.21. The Hall–Kier alpha value is -1.96. The van der Waals surface area contributed by atoms with Crippen molar-refractivity contribution in [2.75, 3.05) is 13.2 Å². The van der Waals surface area contributed by atoms with Crippen molar-refractivity contribution in [2.45, 2.75) is 44.2 Å². The van der Waals surface area contributed by atoms with E-state index in [0.717, 1.165) is 16.9 Å². The van der Waals surface area contributed by atoms with E-state index in [1.54, 1.807) is 0 Å². The number of ether oxygens (including phenoxy) is 2. The highest BCUT2D eigenvalue weighted by molar-refractivity contribution is 5.78. The van der Waals surface area contributed by atoms with Gasteiger partial charge in [0.15, 0.2) is 0 Å². The number of nitrogens with one attached hydrogen (secondary N) is 1. The molecule has 2 saturated heterocycles. The minimum Gasteiger partial charge on any atom is -0.388 e. The molecule has 4 atom stereocenters. The molecule has 0 radical (unpaired) electrons. The van der Waals surface area contributed by atoms with E-state index in [1.165, 1.54) is 0 Å². The predicted molar refractivity (Wildman–Crippen MR) is 86.5 cm³/mol. The number of nitrogens with zero attached hydrogens (tertiary/aromatic N) is 2. The molecule has 1 amide bonds. The Morgan fingerprint density at radius 1 is 1.33 bits per heavy atom. The van der Waals surface area contributed by atoms with Gasteiger partial charge in [0.05, 0.1) is 30.3 Å². The highest BCUT2D eigenvalue weighted by Crippen LogP contribution is 2.27. The molecule has 1 aromatic heterocycles. The molecule has 7 nitrogen and oxygen atoms in total. The van der Waals surface area contributed by atoms with E-state index >= 15 is 0 Å². The van der Waals surface area contributed by atoms with Crippen LogP contribution < -0.4 is 5.32 Å². The van der Waals surface area contributed by atoms with Crippen LogP contribution >= 0.6 is 0 Å². The van der Waals surface area contributed by atoms with E-state index in [9.17, 15) is 9.90 Å². The Balaban J connectivity index is 1.38. The number of benzene rings is 1. The van der Waals surface area contributed by atoms with E-state index in [2.05, 4.69) is 14.9 Å². The van der Waals surface area contributed by atoms with Gasteiger partial charge in [-0.2, -0.15) is 0 Å². The molecule has 3 heterocycles. The maximum Gasteiger partial charge on any atom is 0.222 e. The van der Waals surface area contributed by atoms with Crippen molar-refractivity contribution < 1.29 is 19.4 Å². The van der Waals surface area contributed by atoms with E-state index in [1.807, 2.05) is 31.2 Å². The first-order valence-electron chi connectivity index (χ1n) is 8.26. The van der Waals surface area contributed by atoms with Crippen LogP contribution in [0.2, 0.25) is 0 Å². The Bertz CT molecular complexity index is 759. The number of amides is 1. The predicted octanol–water partition coefficient (Wildman–Crippen LogP) is 0.378. The zero-order valence-corrected chi connectivity index (χ0v) is 13.5. The summed E-state index contributed by atoms with van der Waals surface area (Å²) in [6.07, 6.45) is -0.816. The van der Waals surface area contributed by atoms with E-state index < -0.39 is 6.10 Å². The largest absolute Gasteiger partial charge is 0.388 e. The van der Waals surface area contributed by atoms with E-state index in [0.29, 0.717) is 19.6 Å². The van der Waals surface area contributed by atoms with Crippen LogP contribution in [0.3, 0.4) is 0 Å². The third-order valence-electron chi connectivity index (χ3n) is 4.78. The molecule has 4 rings (SSSR count). The zero-order chi connectivity index (χ0) is 16.7. The third kappa shape index (κ3) is 2.68. The topological polar surface area (TPSA) is 85.6 Å². The molecule has 2 aliphatic heterocycles. The summed E-state index contributed by atoms with van der Waals surface area (Å²) in [5.41, 5.74) is 1.98. The van der Waals surface area contributed by atoms with Gasteiger partial charge in [0.1, 0.15) is 24.1 Å². The number of hydrogen-bond acceptors (Lipinski definition) is 5. The number of para-hydroxylation sites is 2. The summed E-state index contributed by atoms with van der Waals surface area (Å²) in [6, 6.07) is 7.71. The van der Waals surface area contributed by atoms with Gasteiger partial charge in [0.25, 0.3) is 0 Å². The highest BCUT2D eigenvalue weighted by atomic mass is 16.6. The summed E-state index contributed by atoms with van der Waals surface area (Å²) >= 11 is 0. The van der Waals surface area contributed by atoms with Crippen molar-refractivity contribution in [2.24, 2.45) is 0 Å². The van der Waals surface area contributed by atoms with Gasteiger partial charge >= 0.3 is 0 Å². The lowest BCUT2D eigenvalue weighted by atomic mass is 10.1. The van der Waals surface area contributed by atoms with E-state index in [-0.39, 0.29) is 30.8 Å². The van der Waals surface area contributed by atoms with Gasteiger partial charge in [-0.1, -0.05) is 12.1 Å². The first-order chi connectivity index (χ1) is 11.6. The second-order valence-electron chi connectivity index (χ2n) is 6.39. The molecule has 0 saturated carbocycles. The van der Waals surface area contributed by atoms with Gasteiger partial charge in [-0.15, -0.1) is 0 Å². The molecule has 0 aliphatic carbocycles. The highest BCUT2D eigenvalue weighted by Gasteiger charge is 2.47. The standard InChI is InChI=1S/C17H21N3O4/c1-10-18-11-4-2-3-5-13(11)20(10)7-6-15(22)19-12-8-23-17-14(21)9-24-16(12)17/h2-5,12,14,16-17,21H,6-9H2,1H3,(H,19,22)/t12-,14-,16+,17+/m0/s1. The van der Waals surface area contributed by atoms with Crippen LogP contribution in [0.15, 0.2) is 24.3 Å². The summed E-state index contributed by atoms with van der Waals surface area (Å²) in [4.78, 5) is 16.8. The van der Waals surface area contributed by atoms with Crippen molar-refractivity contribution in [3.63, 3.8) is 0 Å². The maximum absolute atomic E-state index is 12.3. The number of aliphatic hydroxyl groups is 1. The summed E-state index contributed by atoms with van der Waals surface area (Å²) in [7, 11) is 0. The van der Waals surface area contributed by atoms with Gasteiger partial charge in [0.2, 0.25) is 5.91 Å². The molecule has 0 spiro atoms. The summed E-state index contributed by atoms with van der Waals surface area (Å²) < 4.78 is 13.1. The van der Waals surface area contributed by atoms with Gasteiger partial charge in [-0.05, 0) is 19.1 Å². The Morgan fingerprint density at radius 3 is 3.00 bits per heavy atom. The Labute approximate surface area is 139 Å². The average molecular weight is 331 g/mol. The lowest BCUT2D eigenvalue weighted by Gasteiger charge is -2.17. The molecule has 24 heavy (non-hydrogen) atoms. The second-order valence-corrected chi connectivity index (χ2v) is 6.39. The fraction of sp³-hybridized carbons (Fsp3) is 0.529. The van der Waals surface area contributed by atoms with Crippen LogP contribution in [0, 0.1) is 6.92 Å². The van der Waals surface area contributed by atoms with Crippen molar-refractivity contribution in [1.82, 2.24) is 14.9 Å². The van der Waals surface area contributed by atoms with Crippen molar-refractivity contribution in [3.05, 3.63) is 30.1 Å². The number of hydrogen-bond donors (Lipinski definition) is 2. The normalized spacial score (nSPS) is 29.1. The maximum atomic E-state index is 12.3. The second kappa shape index (κ2) is 6.16. The molecular weight excluding hydrogens is 310 g/mol. The van der Waals surface area contributed by atoms with Gasteiger partial charge in [-0.25, -0.2) is 4.98 Å². The van der Waals surface area contributed by atoms with Crippen LogP contribution in [0.25, 0.3) is 11.0 Å². The van der Waals surface area contributed by atoms with Gasteiger partial charge < -0.3 is 24.5 Å². The van der Waals surface area contributed by atoms with Gasteiger partial charge in [0, 0.05) is 13.0 Å². The molecule has 2 fully saturated rings. The van der Waals surface area contributed by atoms with Crippen LogP contribution in [0.5, 0.6) is 0 Å². The van der Waals surface area contributed by atoms with Crippen molar-refractivity contribution >= 4 is 16.9 Å². The number of carbonyl (C=O) groups excluding carboxylic acids is 1. The number of fused-ring (bicyclic) bond motifs is 2. The molecule has 2 N–H and O–H groups in total. The van der Waals surface area contributed by atoms with Crippen molar-refractivity contribution in [1.29, 1.82) is 0 Å². The van der Waals surface area contributed by atoms with Crippen molar-refractivity contribution in [3.8, 4) is 0 Å². The van der Waals surface area contributed by atoms with Crippen LogP contribution in [0.1, 0.15) is 12.2 Å². The molecule has 0 unspecified atom stereocenters. The zero-order valence-electron chi connectivity index (χ0n) is 13.5. The number of carbonyl (C=O) groups is 1. The SMILES string of the molecule is Cc1nc2ccccc2n1CCC(=O)N[C@H]1CO[C@H]2[C@@H]1OC[C@@H]2O. The fourth-order valence-corrected chi connectivity index (χ4v) is 3.57. The Morgan fingerprint density at radius 2 is 2.12 bits per heavy atom. The first-order valence-corrected chi connectivity index (χ1v) is 8.26. The lowest BCUT2D eigenvalue weighted by molar-refractivity contribution is -0.122. The van der Waals surface area contributed by atoms with E-state index in [4.69, 9.17) is 9.47 Å². The molecule has 7 heteroatoms. The first kappa shape index (κ1) is 15.6. The van der Waals surface area contributed by atoms with Crippen LogP contribution in [-0.4, -0.2) is 58.1 Å². The number of aromatic nitrogens is 2. The summed E-state index contributed by atoms with van der Waals surface area (Å²) in [5, 5.41) is 12.7. The monoisotopic (exact) mass is 331 g/mol. The number of imidazole rings is 1. The van der Waals surface area contributed by atoms with Crippen LogP contribution in [-0.2, 0) is 20.8 Å². The number of rotatable bonds is 4.